The SMILES string of the molecule is O=[N+]([O-])c1cc(-c2noc(N3CCOCC3)n2)cc(OCc2ccccc2)c1OCc1ccccc1. The Balaban J connectivity index is 1.49. The Hall–Kier alpha value is -4.44. The molecule has 1 saturated heterocycles. The fourth-order valence-electron chi connectivity index (χ4n) is 3.79. The first-order chi connectivity index (χ1) is 17.7. The van der Waals surface area contributed by atoms with Gasteiger partial charge in [0.05, 0.1) is 18.1 Å². The van der Waals surface area contributed by atoms with E-state index in [4.69, 9.17) is 18.7 Å². The number of nitrogens with zero attached hydrogens (tertiary/aromatic N) is 4. The highest BCUT2D eigenvalue weighted by Crippen LogP contribution is 2.42. The van der Waals surface area contributed by atoms with Crippen molar-refractivity contribution in [1.29, 1.82) is 0 Å². The first-order valence-electron chi connectivity index (χ1n) is 11.5. The van der Waals surface area contributed by atoms with E-state index in [9.17, 15) is 10.1 Å². The Morgan fingerprint density at radius 1 is 0.917 bits per heavy atom. The minimum absolute atomic E-state index is 0.0421. The lowest BCUT2D eigenvalue weighted by Crippen LogP contribution is -2.36. The van der Waals surface area contributed by atoms with Gasteiger partial charge in [0.2, 0.25) is 11.6 Å². The maximum atomic E-state index is 12.1. The van der Waals surface area contributed by atoms with Crippen molar-refractivity contribution in [1.82, 2.24) is 10.1 Å². The second-order valence-electron chi connectivity index (χ2n) is 8.13. The zero-order chi connectivity index (χ0) is 24.7. The average Bonchev–Trinajstić information content (AvgIpc) is 3.43. The number of benzene rings is 3. The van der Waals surface area contributed by atoms with E-state index in [1.165, 1.54) is 6.07 Å². The Bertz CT molecular complexity index is 1310. The molecule has 0 amide bonds. The molecule has 0 atom stereocenters. The standard InChI is InChI=1S/C26H24N4O6/c31-30(32)22-15-21(25-27-26(36-28-25)29-11-13-33-14-12-29)16-23(34-17-19-7-3-1-4-8-19)24(22)35-18-20-9-5-2-6-10-20/h1-10,15-16H,11-14,17-18H2. The Labute approximate surface area is 207 Å². The Morgan fingerprint density at radius 2 is 1.56 bits per heavy atom. The van der Waals surface area contributed by atoms with Gasteiger partial charge >= 0.3 is 11.7 Å². The molecule has 36 heavy (non-hydrogen) atoms. The smallest absolute Gasteiger partial charge is 0.324 e. The number of hydrogen-bond acceptors (Lipinski definition) is 9. The van der Waals surface area contributed by atoms with E-state index in [1.807, 2.05) is 65.6 Å². The van der Waals surface area contributed by atoms with Crippen LogP contribution in [0.15, 0.2) is 77.3 Å². The maximum Gasteiger partial charge on any atom is 0.324 e. The van der Waals surface area contributed by atoms with Crippen molar-refractivity contribution in [2.45, 2.75) is 13.2 Å². The molecule has 1 aromatic heterocycles. The molecule has 4 aromatic rings. The highest BCUT2D eigenvalue weighted by Gasteiger charge is 2.26. The van der Waals surface area contributed by atoms with Crippen LogP contribution in [0, 0.1) is 10.1 Å². The Morgan fingerprint density at radius 3 is 2.19 bits per heavy atom. The van der Waals surface area contributed by atoms with Crippen molar-refractivity contribution >= 4 is 11.7 Å². The summed E-state index contributed by atoms with van der Waals surface area (Å²) >= 11 is 0. The third kappa shape index (κ3) is 5.44. The van der Waals surface area contributed by atoms with Gasteiger partial charge in [-0.15, -0.1) is 0 Å². The normalized spacial score (nSPS) is 13.4. The van der Waals surface area contributed by atoms with Gasteiger partial charge in [-0.25, -0.2) is 0 Å². The molecule has 0 spiro atoms. The Kier molecular flexibility index (Phi) is 7.04. The van der Waals surface area contributed by atoms with Gasteiger partial charge in [-0.05, 0) is 17.2 Å². The highest BCUT2D eigenvalue weighted by atomic mass is 16.6. The van der Waals surface area contributed by atoms with E-state index in [1.54, 1.807) is 6.07 Å². The van der Waals surface area contributed by atoms with Crippen LogP contribution in [-0.4, -0.2) is 41.4 Å². The molecule has 10 nitrogen and oxygen atoms in total. The summed E-state index contributed by atoms with van der Waals surface area (Å²) in [6.45, 7) is 2.72. The van der Waals surface area contributed by atoms with Crippen LogP contribution in [0.1, 0.15) is 11.1 Å². The second kappa shape index (κ2) is 10.9. The molecule has 0 saturated carbocycles. The van der Waals surface area contributed by atoms with Crippen LogP contribution >= 0.6 is 0 Å². The van der Waals surface area contributed by atoms with Crippen molar-refractivity contribution < 1.29 is 23.7 Å². The first-order valence-corrected chi connectivity index (χ1v) is 11.5. The van der Waals surface area contributed by atoms with Crippen molar-refractivity contribution in [3.63, 3.8) is 0 Å². The number of hydrogen-bond donors (Lipinski definition) is 0. The number of aromatic nitrogens is 2. The summed E-state index contributed by atoms with van der Waals surface area (Å²) in [4.78, 5) is 18.0. The molecule has 2 heterocycles. The fraction of sp³-hybridized carbons (Fsp3) is 0.231. The lowest BCUT2D eigenvalue weighted by atomic mass is 10.1. The van der Waals surface area contributed by atoms with Crippen LogP contribution in [0.3, 0.4) is 0 Å². The monoisotopic (exact) mass is 488 g/mol. The van der Waals surface area contributed by atoms with Crippen LogP contribution in [0.4, 0.5) is 11.7 Å². The number of anilines is 1. The molecule has 1 aliphatic heterocycles. The molecule has 0 aliphatic carbocycles. The predicted octanol–water partition coefficient (Wildman–Crippen LogP) is 4.64. The summed E-state index contributed by atoms with van der Waals surface area (Å²) in [6, 6.07) is 22.3. The lowest BCUT2D eigenvalue weighted by Gasteiger charge is -2.24. The summed E-state index contributed by atoms with van der Waals surface area (Å²) in [5.41, 5.74) is 1.93. The summed E-state index contributed by atoms with van der Waals surface area (Å²) in [6.07, 6.45) is 0. The number of morpholine rings is 1. The number of nitro groups is 1. The molecule has 1 aliphatic rings. The van der Waals surface area contributed by atoms with Crippen LogP contribution in [0.25, 0.3) is 11.4 Å². The van der Waals surface area contributed by atoms with Gasteiger partial charge in [0.1, 0.15) is 13.2 Å². The van der Waals surface area contributed by atoms with Gasteiger partial charge in [0, 0.05) is 24.7 Å². The zero-order valence-electron chi connectivity index (χ0n) is 19.4. The van der Waals surface area contributed by atoms with Gasteiger partial charge in [0.25, 0.3) is 0 Å². The molecule has 1 fully saturated rings. The van der Waals surface area contributed by atoms with Crippen LogP contribution < -0.4 is 14.4 Å². The van der Waals surface area contributed by atoms with E-state index in [-0.39, 0.29) is 36.2 Å². The van der Waals surface area contributed by atoms with Gasteiger partial charge in [-0.1, -0.05) is 65.8 Å². The van der Waals surface area contributed by atoms with E-state index in [2.05, 4.69) is 10.1 Å². The largest absolute Gasteiger partial charge is 0.485 e. The van der Waals surface area contributed by atoms with E-state index < -0.39 is 4.92 Å². The van der Waals surface area contributed by atoms with Gasteiger partial charge in [-0.2, -0.15) is 4.98 Å². The van der Waals surface area contributed by atoms with Crippen molar-refractivity contribution in [3.05, 3.63) is 94.0 Å². The molecule has 0 radical (unpaired) electrons. The summed E-state index contributed by atoms with van der Waals surface area (Å²) < 4.78 is 22.8. The quantitative estimate of drug-likeness (QED) is 0.246. The molecule has 3 aromatic carbocycles. The number of rotatable bonds is 9. The third-order valence-electron chi connectivity index (χ3n) is 5.65. The average molecular weight is 489 g/mol. The van der Waals surface area contributed by atoms with Crippen molar-refractivity contribution in [2.75, 3.05) is 31.2 Å². The third-order valence-corrected chi connectivity index (χ3v) is 5.65. The molecule has 184 valence electrons. The fourth-order valence-corrected chi connectivity index (χ4v) is 3.79. The molecule has 5 rings (SSSR count). The van der Waals surface area contributed by atoms with Gasteiger partial charge in [-0.3, -0.25) is 10.1 Å². The predicted molar refractivity (Wildman–Crippen MR) is 131 cm³/mol. The molecular weight excluding hydrogens is 464 g/mol. The first kappa shape index (κ1) is 23.3. The number of nitro benzene ring substituents is 1. The molecule has 0 bridgehead atoms. The van der Waals surface area contributed by atoms with Crippen LogP contribution in [0.2, 0.25) is 0 Å². The zero-order valence-corrected chi connectivity index (χ0v) is 19.4. The summed E-state index contributed by atoms with van der Waals surface area (Å²) in [7, 11) is 0. The van der Waals surface area contributed by atoms with Crippen LogP contribution in [-0.2, 0) is 18.0 Å². The van der Waals surface area contributed by atoms with Gasteiger partial charge in [0.15, 0.2) is 5.75 Å². The van der Waals surface area contributed by atoms with E-state index >= 15 is 0 Å². The molecule has 10 heteroatoms. The molecule has 0 unspecified atom stereocenters. The summed E-state index contributed by atoms with van der Waals surface area (Å²) in [5, 5.41) is 16.1. The summed E-state index contributed by atoms with van der Waals surface area (Å²) in [5.74, 6) is 0.482. The van der Waals surface area contributed by atoms with Gasteiger partial charge < -0.3 is 23.6 Å². The van der Waals surface area contributed by atoms with Crippen LogP contribution in [0.5, 0.6) is 11.5 Å². The minimum atomic E-state index is -0.498. The molecule has 0 N–H and O–H groups in total. The second-order valence-corrected chi connectivity index (χ2v) is 8.13. The minimum Gasteiger partial charge on any atom is -0.485 e. The van der Waals surface area contributed by atoms with E-state index in [0.717, 1.165) is 11.1 Å². The lowest BCUT2D eigenvalue weighted by molar-refractivity contribution is -0.386. The number of ether oxygens (including phenoxy) is 3. The van der Waals surface area contributed by atoms with E-state index in [0.29, 0.717) is 37.9 Å². The highest BCUT2D eigenvalue weighted by molar-refractivity contribution is 5.69. The maximum absolute atomic E-state index is 12.1. The van der Waals surface area contributed by atoms with Crippen molar-refractivity contribution in [2.24, 2.45) is 0 Å². The molecular formula is C26H24N4O6. The topological polar surface area (TPSA) is 113 Å². The van der Waals surface area contributed by atoms with Crippen molar-refractivity contribution in [3.8, 4) is 22.9 Å².